The summed E-state index contributed by atoms with van der Waals surface area (Å²) in [5.41, 5.74) is 1.34. The van der Waals surface area contributed by atoms with Gasteiger partial charge >= 0.3 is 11.8 Å². The summed E-state index contributed by atoms with van der Waals surface area (Å²) < 4.78 is 11.2. The quantitative estimate of drug-likeness (QED) is 0.766. The Bertz CT molecular complexity index is 732. The first kappa shape index (κ1) is 17.8. The van der Waals surface area contributed by atoms with Crippen LogP contribution in [0.15, 0.2) is 46.9 Å². The average molecular weight is 393 g/mol. The summed E-state index contributed by atoms with van der Waals surface area (Å²) in [6.45, 7) is 0.201. The van der Waals surface area contributed by atoms with E-state index in [0.29, 0.717) is 17.2 Å². The topological polar surface area (TPSA) is 76.7 Å². The Kier molecular flexibility index (Phi) is 6.20. The second kappa shape index (κ2) is 8.35. The van der Waals surface area contributed by atoms with Crippen molar-refractivity contribution in [2.45, 2.75) is 6.54 Å². The van der Waals surface area contributed by atoms with Crippen molar-refractivity contribution in [1.29, 1.82) is 0 Å². The van der Waals surface area contributed by atoms with Crippen LogP contribution in [0.2, 0.25) is 0 Å². The molecule has 0 aliphatic heterocycles. The first-order valence-corrected chi connectivity index (χ1v) is 7.88. The van der Waals surface area contributed by atoms with Crippen molar-refractivity contribution in [3.05, 3.63) is 52.5 Å². The summed E-state index contributed by atoms with van der Waals surface area (Å²) in [5.74, 6) is -0.283. The van der Waals surface area contributed by atoms with Crippen molar-refractivity contribution in [3.8, 4) is 11.5 Å². The molecule has 24 heavy (non-hydrogen) atoms. The molecule has 6 nitrogen and oxygen atoms in total. The number of carbonyl (C=O) groups is 2. The molecule has 2 aromatic carbocycles. The van der Waals surface area contributed by atoms with Crippen molar-refractivity contribution < 1.29 is 19.1 Å². The number of hydrogen-bond donors (Lipinski definition) is 2. The lowest BCUT2D eigenvalue weighted by atomic mass is 10.2. The molecule has 0 saturated carbocycles. The fraction of sp³-hybridized carbons (Fsp3) is 0.176. The number of rotatable bonds is 5. The average Bonchev–Trinajstić information content (AvgIpc) is 2.61. The van der Waals surface area contributed by atoms with E-state index in [1.165, 1.54) is 7.11 Å². The number of ether oxygens (including phenoxy) is 2. The summed E-state index contributed by atoms with van der Waals surface area (Å²) in [6, 6.07) is 12.2. The lowest BCUT2D eigenvalue weighted by Crippen LogP contribution is -2.34. The second-order valence-electron chi connectivity index (χ2n) is 4.83. The Hall–Kier alpha value is -2.54. The van der Waals surface area contributed by atoms with Crippen LogP contribution in [0, 0.1) is 0 Å². The van der Waals surface area contributed by atoms with Gasteiger partial charge in [0.2, 0.25) is 0 Å². The Morgan fingerprint density at radius 3 is 2.25 bits per heavy atom. The normalized spacial score (nSPS) is 9.96. The molecule has 2 amide bonds. The highest BCUT2D eigenvalue weighted by Gasteiger charge is 2.14. The van der Waals surface area contributed by atoms with Gasteiger partial charge < -0.3 is 20.1 Å². The Morgan fingerprint density at radius 2 is 1.62 bits per heavy atom. The first-order chi connectivity index (χ1) is 11.5. The number of benzene rings is 2. The number of hydrogen-bond acceptors (Lipinski definition) is 4. The van der Waals surface area contributed by atoms with Crippen LogP contribution in [0.1, 0.15) is 5.56 Å². The maximum atomic E-state index is 11.9. The molecule has 0 heterocycles. The van der Waals surface area contributed by atoms with Crippen molar-refractivity contribution in [2.24, 2.45) is 0 Å². The minimum Gasteiger partial charge on any atom is -0.493 e. The number of amides is 2. The lowest BCUT2D eigenvalue weighted by Gasteiger charge is -2.10. The maximum absolute atomic E-state index is 11.9. The van der Waals surface area contributed by atoms with Gasteiger partial charge in [-0.05, 0) is 42.0 Å². The SMILES string of the molecule is COc1ccc(CNC(=O)C(=O)Nc2ccc(Br)cc2)cc1OC. The molecule has 7 heteroatoms. The van der Waals surface area contributed by atoms with Crippen LogP contribution in [0.5, 0.6) is 11.5 Å². The van der Waals surface area contributed by atoms with Gasteiger partial charge in [0.05, 0.1) is 14.2 Å². The molecular weight excluding hydrogens is 376 g/mol. The summed E-state index contributed by atoms with van der Waals surface area (Å²) in [5, 5.41) is 5.09. The van der Waals surface area contributed by atoms with E-state index in [1.54, 1.807) is 49.6 Å². The minimum absolute atomic E-state index is 0.201. The third-order valence-electron chi connectivity index (χ3n) is 3.21. The lowest BCUT2D eigenvalue weighted by molar-refractivity contribution is -0.136. The molecule has 0 spiro atoms. The first-order valence-electron chi connectivity index (χ1n) is 7.09. The minimum atomic E-state index is -0.724. The molecule has 2 rings (SSSR count). The molecule has 2 N–H and O–H groups in total. The van der Waals surface area contributed by atoms with E-state index in [-0.39, 0.29) is 6.54 Å². The number of nitrogens with one attached hydrogen (secondary N) is 2. The molecule has 0 saturated heterocycles. The van der Waals surface area contributed by atoms with Crippen molar-refractivity contribution in [3.63, 3.8) is 0 Å². The van der Waals surface area contributed by atoms with Crippen LogP contribution < -0.4 is 20.1 Å². The molecule has 0 atom stereocenters. The molecule has 0 aliphatic carbocycles. The van der Waals surface area contributed by atoms with Gasteiger partial charge in [0.15, 0.2) is 11.5 Å². The van der Waals surface area contributed by atoms with Crippen LogP contribution in [-0.2, 0) is 16.1 Å². The molecule has 2 aromatic rings. The molecule has 0 aromatic heterocycles. The van der Waals surface area contributed by atoms with Crippen molar-refractivity contribution >= 4 is 33.4 Å². The Balaban J connectivity index is 1.92. The molecule has 126 valence electrons. The summed E-state index contributed by atoms with van der Waals surface area (Å²) in [4.78, 5) is 23.7. The van der Waals surface area contributed by atoms with E-state index in [9.17, 15) is 9.59 Å². The van der Waals surface area contributed by atoms with Crippen LogP contribution in [0.3, 0.4) is 0 Å². The largest absolute Gasteiger partial charge is 0.493 e. The number of methoxy groups -OCH3 is 2. The number of carbonyl (C=O) groups excluding carboxylic acids is 2. The predicted octanol–water partition coefficient (Wildman–Crippen LogP) is 2.72. The van der Waals surface area contributed by atoms with Gasteiger partial charge in [-0.1, -0.05) is 22.0 Å². The third-order valence-corrected chi connectivity index (χ3v) is 3.74. The Labute approximate surface area is 148 Å². The van der Waals surface area contributed by atoms with Crippen LogP contribution in [0.25, 0.3) is 0 Å². The van der Waals surface area contributed by atoms with Crippen LogP contribution >= 0.6 is 15.9 Å². The molecule has 0 unspecified atom stereocenters. The monoisotopic (exact) mass is 392 g/mol. The van der Waals surface area contributed by atoms with Crippen LogP contribution in [0.4, 0.5) is 5.69 Å². The third kappa shape index (κ3) is 4.73. The maximum Gasteiger partial charge on any atom is 0.313 e. The van der Waals surface area contributed by atoms with E-state index in [2.05, 4.69) is 26.6 Å². The van der Waals surface area contributed by atoms with E-state index < -0.39 is 11.8 Å². The smallest absolute Gasteiger partial charge is 0.313 e. The Morgan fingerprint density at radius 1 is 0.958 bits per heavy atom. The molecular formula is C17H17BrN2O4. The molecule has 0 bridgehead atoms. The number of anilines is 1. The molecule has 0 fully saturated rings. The fourth-order valence-electron chi connectivity index (χ4n) is 1.97. The summed E-state index contributed by atoms with van der Waals surface area (Å²) in [6.07, 6.45) is 0. The van der Waals surface area contributed by atoms with Crippen molar-refractivity contribution in [2.75, 3.05) is 19.5 Å². The van der Waals surface area contributed by atoms with E-state index in [4.69, 9.17) is 9.47 Å². The van der Waals surface area contributed by atoms with Gasteiger partial charge in [-0.3, -0.25) is 9.59 Å². The summed E-state index contributed by atoms with van der Waals surface area (Å²) in [7, 11) is 3.08. The van der Waals surface area contributed by atoms with Gasteiger partial charge in [-0.15, -0.1) is 0 Å². The molecule has 0 radical (unpaired) electrons. The zero-order valence-corrected chi connectivity index (χ0v) is 14.8. The summed E-state index contributed by atoms with van der Waals surface area (Å²) >= 11 is 3.30. The van der Waals surface area contributed by atoms with Gasteiger partial charge in [-0.25, -0.2) is 0 Å². The highest BCUT2D eigenvalue weighted by Crippen LogP contribution is 2.27. The molecule has 0 aliphatic rings. The van der Waals surface area contributed by atoms with E-state index >= 15 is 0 Å². The highest BCUT2D eigenvalue weighted by molar-refractivity contribution is 9.10. The van der Waals surface area contributed by atoms with Crippen molar-refractivity contribution in [1.82, 2.24) is 5.32 Å². The predicted molar refractivity (Wildman–Crippen MR) is 94.2 cm³/mol. The van der Waals surface area contributed by atoms with Gasteiger partial charge in [0.1, 0.15) is 0 Å². The standard InChI is InChI=1S/C17H17BrN2O4/c1-23-14-8-3-11(9-15(14)24-2)10-19-16(21)17(22)20-13-6-4-12(18)5-7-13/h3-9H,10H2,1-2H3,(H,19,21)(H,20,22). The second-order valence-corrected chi connectivity index (χ2v) is 5.75. The fourth-order valence-corrected chi connectivity index (χ4v) is 2.24. The van der Waals surface area contributed by atoms with Gasteiger partial charge in [0.25, 0.3) is 0 Å². The van der Waals surface area contributed by atoms with Crippen LogP contribution in [-0.4, -0.2) is 26.0 Å². The zero-order valence-electron chi connectivity index (χ0n) is 13.3. The van der Waals surface area contributed by atoms with E-state index in [0.717, 1.165) is 10.0 Å². The van der Waals surface area contributed by atoms with Gasteiger partial charge in [0, 0.05) is 16.7 Å². The number of halogens is 1. The van der Waals surface area contributed by atoms with E-state index in [1.807, 2.05) is 0 Å². The highest BCUT2D eigenvalue weighted by atomic mass is 79.9. The van der Waals surface area contributed by atoms with Gasteiger partial charge in [-0.2, -0.15) is 0 Å². The zero-order chi connectivity index (χ0) is 17.5.